The number of hydrogen-bond donors (Lipinski definition) is 1. The predicted molar refractivity (Wildman–Crippen MR) is 63.0 cm³/mol. The van der Waals surface area contributed by atoms with Crippen LogP contribution in [0.4, 0.5) is 18.9 Å². The van der Waals surface area contributed by atoms with Gasteiger partial charge in [0.1, 0.15) is 0 Å². The molecule has 0 aliphatic carbocycles. The summed E-state index contributed by atoms with van der Waals surface area (Å²) in [6, 6.07) is 4.14. The molecule has 8 heteroatoms. The monoisotopic (exact) mass is 295 g/mol. The van der Waals surface area contributed by atoms with Crippen molar-refractivity contribution in [3.63, 3.8) is 0 Å². The number of halogens is 5. The molecule has 2 rings (SSSR count). The average molecular weight is 296 g/mol. The molecule has 0 radical (unpaired) electrons. The summed E-state index contributed by atoms with van der Waals surface area (Å²) >= 11 is 11.6. The second-order valence-electron chi connectivity index (χ2n) is 3.45. The zero-order chi connectivity index (χ0) is 13.5. The van der Waals surface area contributed by atoms with E-state index in [0.29, 0.717) is 4.68 Å². The molecule has 3 nitrogen and oxygen atoms in total. The summed E-state index contributed by atoms with van der Waals surface area (Å²) in [4.78, 5) is 0. The van der Waals surface area contributed by atoms with Gasteiger partial charge < -0.3 is 5.73 Å². The van der Waals surface area contributed by atoms with Crippen molar-refractivity contribution in [3.05, 3.63) is 40.1 Å². The van der Waals surface area contributed by atoms with Crippen LogP contribution >= 0.6 is 23.2 Å². The zero-order valence-corrected chi connectivity index (χ0v) is 10.2. The molecule has 1 aromatic carbocycles. The molecule has 2 N–H and O–H groups in total. The van der Waals surface area contributed by atoms with Gasteiger partial charge in [-0.05, 0) is 18.2 Å². The lowest BCUT2D eigenvalue weighted by molar-refractivity contribution is -0.142. The quantitative estimate of drug-likeness (QED) is 0.870. The smallest absolute Gasteiger partial charge is 0.396 e. The first kappa shape index (κ1) is 13.0. The number of rotatable bonds is 1. The normalized spacial score (nSPS) is 11.8. The van der Waals surface area contributed by atoms with Crippen LogP contribution < -0.4 is 5.73 Å². The van der Waals surface area contributed by atoms with Crippen LogP contribution in [0.3, 0.4) is 0 Å². The van der Waals surface area contributed by atoms with E-state index in [-0.39, 0.29) is 15.7 Å². The summed E-state index contributed by atoms with van der Waals surface area (Å²) in [7, 11) is 0. The maximum absolute atomic E-state index is 12.8. The Bertz CT molecular complexity index is 593. The Morgan fingerprint density at radius 2 is 1.89 bits per heavy atom. The minimum atomic E-state index is -4.63. The highest BCUT2D eigenvalue weighted by atomic mass is 35.5. The van der Waals surface area contributed by atoms with Crippen LogP contribution in [-0.2, 0) is 6.18 Å². The van der Waals surface area contributed by atoms with Crippen LogP contribution in [0.2, 0.25) is 10.0 Å². The van der Waals surface area contributed by atoms with Crippen molar-refractivity contribution >= 4 is 28.9 Å². The van der Waals surface area contributed by atoms with Crippen LogP contribution in [0.1, 0.15) is 5.69 Å². The second kappa shape index (κ2) is 4.37. The third-order valence-electron chi connectivity index (χ3n) is 2.20. The Hall–Kier alpha value is -1.40. The Kier molecular flexibility index (Phi) is 3.16. The molecule has 0 saturated heterocycles. The van der Waals surface area contributed by atoms with Gasteiger partial charge in [0.05, 0.1) is 22.6 Å². The van der Waals surface area contributed by atoms with E-state index >= 15 is 0 Å². The molecule has 0 fully saturated rings. The van der Waals surface area contributed by atoms with Gasteiger partial charge in [-0.25, -0.2) is 4.68 Å². The predicted octanol–water partition coefficient (Wildman–Crippen LogP) is 3.78. The summed E-state index contributed by atoms with van der Waals surface area (Å²) in [6.07, 6.45) is -3.72. The number of nitrogens with two attached hydrogens (primary N) is 1. The summed E-state index contributed by atoms with van der Waals surface area (Å²) in [5.41, 5.74) is 3.74. The Morgan fingerprint density at radius 1 is 1.22 bits per heavy atom. The fourth-order valence-corrected chi connectivity index (χ4v) is 1.84. The third-order valence-corrected chi connectivity index (χ3v) is 2.76. The lowest BCUT2D eigenvalue weighted by Crippen LogP contribution is -2.15. The van der Waals surface area contributed by atoms with E-state index in [2.05, 4.69) is 5.10 Å². The first-order chi connectivity index (χ1) is 8.30. The Morgan fingerprint density at radius 3 is 2.50 bits per heavy atom. The largest absolute Gasteiger partial charge is 0.435 e. The van der Waals surface area contributed by atoms with Crippen molar-refractivity contribution in [2.75, 3.05) is 5.73 Å². The fourth-order valence-electron chi connectivity index (χ4n) is 1.48. The van der Waals surface area contributed by atoms with E-state index in [9.17, 15) is 13.2 Å². The SMILES string of the molecule is Nc1cnn(-c2cc(Cl)ccc2Cl)c1C(F)(F)F. The van der Waals surface area contributed by atoms with Crippen LogP contribution in [0.15, 0.2) is 24.4 Å². The molecular weight excluding hydrogens is 290 g/mol. The van der Waals surface area contributed by atoms with E-state index in [0.717, 1.165) is 6.20 Å². The van der Waals surface area contributed by atoms with E-state index in [1.54, 1.807) is 0 Å². The van der Waals surface area contributed by atoms with Crippen LogP contribution in [0.25, 0.3) is 5.69 Å². The molecule has 0 atom stereocenters. The molecule has 0 saturated carbocycles. The zero-order valence-electron chi connectivity index (χ0n) is 8.67. The van der Waals surface area contributed by atoms with Crippen molar-refractivity contribution in [2.24, 2.45) is 0 Å². The van der Waals surface area contributed by atoms with Crippen molar-refractivity contribution in [1.82, 2.24) is 9.78 Å². The van der Waals surface area contributed by atoms with Crippen molar-refractivity contribution in [3.8, 4) is 5.69 Å². The van der Waals surface area contributed by atoms with Crippen LogP contribution in [-0.4, -0.2) is 9.78 Å². The first-order valence-electron chi connectivity index (χ1n) is 4.67. The molecule has 0 amide bonds. The van der Waals surface area contributed by atoms with Gasteiger partial charge in [0.2, 0.25) is 0 Å². The Labute approximate surface area is 110 Å². The maximum Gasteiger partial charge on any atom is 0.435 e. The first-order valence-corrected chi connectivity index (χ1v) is 5.42. The number of alkyl halides is 3. The van der Waals surface area contributed by atoms with Crippen LogP contribution in [0, 0.1) is 0 Å². The van der Waals surface area contributed by atoms with Crippen molar-refractivity contribution in [1.29, 1.82) is 0 Å². The second-order valence-corrected chi connectivity index (χ2v) is 4.30. The highest BCUT2D eigenvalue weighted by Crippen LogP contribution is 2.36. The van der Waals surface area contributed by atoms with E-state index in [4.69, 9.17) is 28.9 Å². The van der Waals surface area contributed by atoms with Gasteiger partial charge in [0.25, 0.3) is 0 Å². The molecule has 96 valence electrons. The summed E-state index contributed by atoms with van der Waals surface area (Å²) in [5, 5.41) is 3.92. The molecule has 0 spiro atoms. The van der Waals surface area contributed by atoms with Gasteiger partial charge in [-0.2, -0.15) is 18.3 Å². The van der Waals surface area contributed by atoms with Gasteiger partial charge in [0.15, 0.2) is 5.69 Å². The Balaban J connectivity index is 2.69. The number of aromatic nitrogens is 2. The number of hydrogen-bond acceptors (Lipinski definition) is 2. The maximum atomic E-state index is 12.8. The fraction of sp³-hybridized carbons (Fsp3) is 0.100. The van der Waals surface area contributed by atoms with Gasteiger partial charge in [-0.15, -0.1) is 0 Å². The topological polar surface area (TPSA) is 43.8 Å². The van der Waals surface area contributed by atoms with Gasteiger partial charge in [-0.3, -0.25) is 0 Å². The van der Waals surface area contributed by atoms with E-state index in [1.807, 2.05) is 0 Å². The van der Waals surface area contributed by atoms with Crippen molar-refractivity contribution in [2.45, 2.75) is 6.18 Å². The van der Waals surface area contributed by atoms with Gasteiger partial charge in [0, 0.05) is 5.02 Å². The minimum absolute atomic E-state index is 0.0215. The molecular formula is C10H6Cl2F3N3. The highest BCUT2D eigenvalue weighted by molar-refractivity contribution is 6.34. The highest BCUT2D eigenvalue weighted by Gasteiger charge is 2.38. The molecule has 0 aliphatic rings. The lowest BCUT2D eigenvalue weighted by atomic mass is 10.3. The number of nitrogens with zero attached hydrogens (tertiary/aromatic N) is 2. The van der Waals surface area contributed by atoms with Crippen LogP contribution in [0.5, 0.6) is 0 Å². The van der Waals surface area contributed by atoms with Gasteiger partial charge >= 0.3 is 6.18 Å². The van der Waals surface area contributed by atoms with E-state index < -0.39 is 17.6 Å². The molecule has 1 aromatic heterocycles. The molecule has 18 heavy (non-hydrogen) atoms. The lowest BCUT2D eigenvalue weighted by Gasteiger charge is -2.12. The molecule has 1 heterocycles. The van der Waals surface area contributed by atoms with Gasteiger partial charge in [-0.1, -0.05) is 23.2 Å². The third kappa shape index (κ3) is 2.26. The number of benzene rings is 1. The number of anilines is 1. The standard InChI is InChI=1S/C10H6Cl2F3N3/c11-5-1-2-6(12)8(3-5)18-9(10(13,14)15)7(16)4-17-18/h1-4H,16H2. The summed E-state index contributed by atoms with van der Waals surface area (Å²) < 4.78 is 39.2. The molecule has 0 aliphatic heterocycles. The van der Waals surface area contributed by atoms with E-state index in [1.165, 1.54) is 18.2 Å². The average Bonchev–Trinajstić information content (AvgIpc) is 2.63. The number of nitrogen functional groups attached to an aromatic ring is 1. The molecule has 0 bridgehead atoms. The molecule has 2 aromatic rings. The minimum Gasteiger partial charge on any atom is -0.396 e. The summed E-state index contributed by atoms with van der Waals surface area (Å²) in [6.45, 7) is 0. The molecule has 0 unspecified atom stereocenters. The summed E-state index contributed by atoms with van der Waals surface area (Å²) in [5.74, 6) is 0. The van der Waals surface area contributed by atoms with Crippen molar-refractivity contribution < 1.29 is 13.2 Å².